The number of aromatic amines is 1. The van der Waals surface area contributed by atoms with Crippen LogP contribution < -0.4 is 10.9 Å². The van der Waals surface area contributed by atoms with Gasteiger partial charge in [0.2, 0.25) is 5.95 Å². The zero-order chi connectivity index (χ0) is 24.0. The van der Waals surface area contributed by atoms with Gasteiger partial charge < -0.3 is 5.32 Å². The second kappa shape index (κ2) is 8.19. The number of amides is 1. The van der Waals surface area contributed by atoms with Crippen LogP contribution in [0.15, 0.2) is 59.5 Å². The minimum Gasteiger partial charge on any atom is -0.306 e. The molecule has 0 fully saturated rings. The second-order valence-electron chi connectivity index (χ2n) is 7.32. The first-order valence-electron chi connectivity index (χ1n) is 9.87. The van der Waals surface area contributed by atoms with Crippen molar-refractivity contribution in [2.45, 2.75) is 6.92 Å². The molecule has 0 saturated carbocycles. The first-order valence-corrected chi connectivity index (χ1v) is 10.3. The van der Waals surface area contributed by atoms with Crippen molar-refractivity contribution in [1.29, 1.82) is 0 Å². The normalized spacial score (nSPS) is 11.2. The summed E-state index contributed by atoms with van der Waals surface area (Å²) in [4.78, 5) is 32.4. The average Bonchev–Trinajstić information content (AvgIpc) is 3.38. The summed E-state index contributed by atoms with van der Waals surface area (Å²) in [5.41, 5.74) is 0.528. The Morgan fingerprint density at radius 2 is 1.85 bits per heavy atom. The smallest absolute Gasteiger partial charge is 0.263 e. The minimum absolute atomic E-state index is 0.00353. The van der Waals surface area contributed by atoms with E-state index in [9.17, 15) is 18.4 Å². The summed E-state index contributed by atoms with van der Waals surface area (Å²) in [6.07, 6.45) is 1.38. The Morgan fingerprint density at radius 3 is 2.59 bits per heavy atom. The van der Waals surface area contributed by atoms with Crippen LogP contribution in [0.25, 0.3) is 22.7 Å². The van der Waals surface area contributed by atoms with Gasteiger partial charge in [0.15, 0.2) is 5.65 Å². The zero-order valence-corrected chi connectivity index (χ0v) is 18.1. The van der Waals surface area contributed by atoms with Crippen molar-refractivity contribution in [3.8, 4) is 11.6 Å². The molecule has 34 heavy (non-hydrogen) atoms. The van der Waals surface area contributed by atoms with Gasteiger partial charge in [-0.3, -0.25) is 14.6 Å². The first kappa shape index (κ1) is 21.5. The van der Waals surface area contributed by atoms with Crippen molar-refractivity contribution < 1.29 is 13.6 Å². The number of H-pyrrole nitrogens is 1. The molecule has 3 heterocycles. The summed E-state index contributed by atoms with van der Waals surface area (Å²) in [6.45, 7) is 1.67. The highest BCUT2D eigenvalue weighted by Gasteiger charge is 2.19. The van der Waals surface area contributed by atoms with Crippen LogP contribution >= 0.6 is 11.6 Å². The lowest BCUT2D eigenvalue weighted by Crippen LogP contribution is -2.19. The number of nitrogens with one attached hydrogen (secondary N) is 2. The average molecular weight is 482 g/mol. The van der Waals surface area contributed by atoms with Gasteiger partial charge in [-0.2, -0.15) is 19.9 Å². The third kappa shape index (κ3) is 3.82. The molecule has 2 aromatic carbocycles. The van der Waals surface area contributed by atoms with Gasteiger partial charge in [-0.05, 0) is 43.3 Å². The van der Waals surface area contributed by atoms with E-state index in [1.54, 1.807) is 31.2 Å². The van der Waals surface area contributed by atoms with E-state index in [4.69, 9.17) is 11.6 Å². The minimum atomic E-state index is -1.01. The first-order chi connectivity index (χ1) is 16.3. The molecule has 0 radical (unpaired) electrons. The van der Waals surface area contributed by atoms with Crippen LogP contribution in [0.3, 0.4) is 0 Å². The van der Waals surface area contributed by atoms with Crippen LogP contribution in [0.4, 0.5) is 14.6 Å². The topological polar surface area (TPSA) is 110 Å². The Labute approximate surface area is 194 Å². The molecule has 170 valence electrons. The molecule has 0 spiro atoms. The number of aryl methyl sites for hydroxylation is 1. The van der Waals surface area contributed by atoms with E-state index in [1.807, 2.05) is 0 Å². The van der Waals surface area contributed by atoms with Crippen molar-refractivity contribution in [3.63, 3.8) is 0 Å². The fourth-order valence-corrected chi connectivity index (χ4v) is 3.51. The lowest BCUT2D eigenvalue weighted by atomic mass is 10.2. The molecule has 0 aliphatic heterocycles. The maximum Gasteiger partial charge on any atom is 0.263 e. The highest BCUT2D eigenvalue weighted by atomic mass is 35.5. The number of hydrogen-bond donors (Lipinski definition) is 2. The standard InChI is InChI=1S/C22H14ClF2N7O2/c1-11-8-18(27-20(33)15-7-4-13(24)9-17(15)25)32(30-11)22-28-19-16(21(34)29-22)10-26-31(19)14-5-2-12(23)3-6-14/h2-10H,1H3,(H,27,33)(H,28,29,34). The molecule has 0 atom stereocenters. The van der Waals surface area contributed by atoms with Crippen molar-refractivity contribution >= 4 is 34.4 Å². The van der Waals surface area contributed by atoms with Gasteiger partial charge in [-0.25, -0.2) is 13.5 Å². The van der Waals surface area contributed by atoms with Crippen LogP contribution in [0.1, 0.15) is 16.1 Å². The molecule has 2 N–H and O–H groups in total. The number of halogens is 3. The van der Waals surface area contributed by atoms with Gasteiger partial charge in [-0.1, -0.05) is 11.6 Å². The van der Waals surface area contributed by atoms with Gasteiger partial charge in [0.05, 0.1) is 23.1 Å². The summed E-state index contributed by atoms with van der Waals surface area (Å²) in [5.74, 6) is -2.53. The molecule has 9 nitrogen and oxygen atoms in total. The van der Waals surface area contributed by atoms with E-state index in [0.717, 1.165) is 12.1 Å². The third-order valence-corrected chi connectivity index (χ3v) is 5.20. The summed E-state index contributed by atoms with van der Waals surface area (Å²) in [6, 6.07) is 10.9. The fraction of sp³-hybridized carbons (Fsp3) is 0.0455. The van der Waals surface area contributed by atoms with E-state index < -0.39 is 23.1 Å². The van der Waals surface area contributed by atoms with Crippen LogP contribution in [0.2, 0.25) is 5.02 Å². The SMILES string of the molecule is Cc1cc(NC(=O)c2ccc(F)cc2F)n(-c2nc3c(cnn3-c3ccc(Cl)cc3)c(=O)[nH]2)n1. The Kier molecular flexibility index (Phi) is 5.17. The maximum absolute atomic E-state index is 14.1. The molecule has 1 amide bonds. The van der Waals surface area contributed by atoms with Gasteiger partial charge in [0.1, 0.15) is 22.8 Å². The molecule has 0 aliphatic rings. The Bertz CT molecular complexity index is 1620. The van der Waals surface area contributed by atoms with E-state index >= 15 is 0 Å². The van der Waals surface area contributed by atoms with Crippen molar-refractivity contribution in [2.24, 2.45) is 0 Å². The van der Waals surface area contributed by atoms with E-state index in [2.05, 4.69) is 25.5 Å². The van der Waals surface area contributed by atoms with Gasteiger partial charge in [0, 0.05) is 17.2 Å². The van der Waals surface area contributed by atoms with E-state index in [-0.39, 0.29) is 28.4 Å². The van der Waals surface area contributed by atoms with E-state index in [1.165, 1.54) is 21.6 Å². The fourth-order valence-electron chi connectivity index (χ4n) is 3.39. The molecule has 12 heteroatoms. The molecule has 3 aromatic heterocycles. The summed E-state index contributed by atoms with van der Waals surface area (Å²) < 4.78 is 29.9. The number of carbonyl (C=O) groups is 1. The number of aromatic nitrogens is 6. The summed E-state index contributed by atoms with van der Waals surface area (Å²) >= 11 is 5.96. The monoisotopic (exact) mass is 481 g/mol. The number of nitrogens with zero attached hydrogens (tertiary/aromatic N) is 5. The van der Waals surface area contributed by atoms with Gasteiger partial charge >= 0.3 is 0 Å². The van der Waals surface area contributed by atoms with Crippen LogP contribution in [0, 0.1) is 18.6 Å². The molecule has 0 unspecified atom stereocenters. The van der Waals surface area contributed by atoms with Gasteiger partial charge in [0.25, 0.3) is 11.5 Å². The number of rotatable bonds is 4. The molecule has 5 rings (SSSR count). The molecular weight excluding hydrogens is 468 g/mol. The van der Waals surface area contributed by atoms with Crippen molar-refractivity contribution in [2.75, 3.05) is 5.32 Å². The quantitative estimate of drug-likeness (QED) is 0.406. The number of benzene rings is 2. The van der Waals surface area contributed by atoms with Crippen molar-refractivity contribution in [3.05, 3.63) is 93.0 Å². The third-order valence-electron chi connectivity index (χ3n) is 4.95. The van der Waals surface area contributed by atoms with Crippen LogP contribution in [-0.2, 0) is 0 Å². The number of hydrogen-bond acceptors (Lipinski definition) is 5. The van der Waals surface area contributed by atoms with Crippen LogP contribution in [-0.4, -0.2) is 35.4 Å². The highest BCUT2D eigenvalue weighted by molar-refractivity contribution is 6.30. The summed E-state index contributed by atoms with van der Waals surface area (Å²) in [5, 5.41) is 11.8. The predicted molar refractivity (Wildman–Crippen MR) is 121 cm³/mol. The molecular formula is C22H14ClF2N7O2. The van der Waals surface area contributed by atoms with E-state index in [0.29, 0.717) is 22.5 Å². The van der Waals surface area contributed by atoms with Gasteiger partial charge in [-0.15, -0.1) is 0 Å². The largest absolute Gasteiger partial charge is 0.306 e. The molecule has 0 aliphatic carbocycles. The lowest BCUT2D eigenvalue weighted by molar-refractivity contribution is 0.102. The molecule has 0 saturated heterocycles. The highest BCUT2D eigenvalue weighted by Crippen LogP contribution is 2.20. The lowest BCUT2D eigenvalue weighted by Gasteiger charge is -2.09. The Morgan fingerprint density at radius 1 is 1.09 bits per heavy atom. The Hall–Kier alpha value is -4.38. The molecule has 0 bridgehead atoms. The zero-order valence-electron chi connectivity index (χ0n) is 17.4. The maximum atomic E-state index is 14.1. The number of fused-ring (bicyclic) bond motifs is 1. The predicted octanol–water partition coefficient (Wildman–Crippen LogP) is 3.79. The Balaban J connectivity index is 1.58. The second-order valence-corrected chi connectivity index (χ2v) is 7.76. The van der Waals surface area contributed by atoms with Crippen molar-refractivity contribution in [1.82, 2.24) is 29.5 Å². The van der Waals surface area contributed by atoms with Crippen LogP contribution in [0.5, 0.6) is 0 Å². The number of anilines is 1. The number of carbonyl (C=O) groups excluding carboxylic acids is 1. The summed E-state index contributed by atoms with van der Waals surface area (Å²) in [7, 11) is 0. The molecule has 5 aromatic rings.